The van der Waals surface area contributed by atoms with Crippen molar-refractivity contribution in [1.82, 2.24) is 14.8 Å². The fraction of sp³-hybridized carbons (Fsp3) is 0.350. The van der Waals surface area contributed by atoms with Crippen LogP contribution in [-0.2, 0) is 4.79 Å². The predicted molar refractivity (Wildman–Crippen MR) is 101 cm³/mol. The zero-order chi connectivity index (χ0) is 19.8. The molecule has 1 saturated heterocycles. The van der Waals surface area contributed by atoms with Crippen LogP contribution in [0.25, 0.3) is 5.69 Å². The van der Waals surface area contributed by atoms with Crippen molar-refractivity contribution in [2.45, 2.75) is 24.9 Å². The van der Waals surface area contributed by atoms with E-state index >= 15 is 0 Å². The SMILES string of the molecule is NC1CN(C(=O)C2CC2)CC1NC(=O)c1ccc(-n2ccccc2=O)cc1F. The Morgan fingerprint density at radius 2 is 1.93 bits per heavy atom. The lowest BCUT2D eigenvalue weighted by atomic mass is 10.1. The molecule has 1 saturated carbocycles. The van der Waals surface area contributed by atoms with Crippen molar-refractivity contribution in [2.75, 3.05) is 13.1 Å². The summed E-state index contributed by atoms with van der Waals surface area (Å²) in [6.07, 6.45) is 3.34. The monoisotopic (exact) mass is 384 g/mol. The highest BCUT2D eigenvalue weighted by Crippen LogP contribution is 2.32. The number of hydrogen-bond donors (Lipinski definition) is 2. The molecule has 0 radical (unpaired) electrons. The summed E-state index contributed by atoms with van der Waals surface area (Å²) in [5, 5.41) is 2.73. The molecular formula is C20H21FN4O3. The van der Waals surface area contributed by atoms with Gasteiger partial charge in [-0.3, -0.25) is 19.0 Å². The molecule has 0 bridgehead atoms. The molecule has 1 aliphatic heterocycles. The zero-order valence-corrected chi connectivity index (χ0v) is 15.2. The minimum absolute atomic E-state index is 0.0797. The van der Waals surface area contributed by atoms with Gasteiger partial charge in [-0.1, -0.05) is 6.07 Å². The van der Waals surface area contributed by atoms with Gasteiger partial charge in [0, 0.05) is 37.3 Å². The molecule has 1 aliphatic carbocycles. The first-order valence-corrected chi connectivity index (χ1v) is 9.27. The van der Waals surface area contributed by atoms with Gasteiger partial charge in [-0.2, -0.15) is 0 Å². The molecule has 2 unspecified atom stereocenters. The fourth-order valence-corrected chi connectivity index (χ4v) is 3.48. The number of halogens is 1. The normalized spacial score (nSPS) is 21.6. The third kappa shape index (κ3) is 3.55. The molecule has 2 amide bonds. The first-order chi connectivity index (χ1) is 13.4. The number of nitrogens with one attached hydrogen (secondary N) is 1. The molecule has 28 heavy (non-hydrogen) atoms. The van der Waals surface area contributed by atoms with Crippen LogP contribution in [-0.4, -0.2) is 46.5 Å². The molecular weight excluding hydrogens is 363 g/mol. The van der Waals surface area contributed by atoms with Crippen molar-refractivity contribution in [3.8, 4) is 5.69 Å². The van der Waals surface area contributed by atoms with Gasteiger partial charge in [-0.15, -0.1) is 0 Å². The van der Waals surface area contributed by atoms with Crippen molar-refractivity contribution in [1.29, 1.82) is 0 Å². The molecule has 2 aliphatic rings. The fourth-order valence-electron chi connectivity index (χ4n) is 3.48. The van der Waals surface area contributed by atoms with Crippen molar-refractivity contribution in [3.63, 3.8) is 0 Å². The second-order valence-corrected chi connectivity index (χ2v) is 7.33. The highest BCUT2D eigenvalue weighted by Gasteiger charge is 2.40. The maximum atomic E-state index is 14.5. The van der Waals surface area contributed by atoms with Crippen molar-refractivity contribution in [2.24, 2.45) is 11.7 Å². The van der Waals surface area contributed by atoms with Crippen molar-refractivity contribution < 1.29 is 14.0 Å². The number of aromatic nitrogens is 1. The van der Waals surface area contributed by atoms with Crippen LogP contribution in [0, 0.1) is 11.7 Å². The van der Waals surface area contributed by atoms with E-state index in [2.05, 4.69) is 5.32 Å². The van der Waals surface area contributed by atoms with E-state index in [0.717, 1.165) is 18.9 Å². The van der Waals surface area contributed by atoms with Gasteiger partial charge in [0.2, 0.25) is 5.91 Å². The Morgan fingerprint density at radius 1 is 1.14 bits per heavy atom. The van der Waals surface area contributed by atoms with Gasteiger partial charge in [-0.05, 0) is 37.1 Å². The van der Waals surface area contributed by atoms with Gasteiger partial charge < -0.3 is 16.0 Å². The number of pyridine rings is 1. The average Bonchev–Trinajstić information content (AvgIpc) is 3.46. The van der Waals surface area contributed by atoms with Crippen LogP contribution in [0.4, 0.5) is 4.39 Å². The van der Waals surface area contributed by atoms with E-state index in [1.54, 1.807) is 17.0 Å². The lowest BCUT2D eigenvalue weighted by Gasteiger charge is -2.17. The topological polar surface area (TPSA) is 97.4 Å². The Hall–Kier alpha value is -3.00. The van der Waals surface area contributed by atoms with Gasteiger partial charge in [0.15, 0.2) is 0 Å². The molecule has 1 aromatic carbocycles. The van der Waals surface area contributed by atoms with Crippen LogP contribution in [0.5, 0.6) is 0 Å². The average molecular weight is 384 g/mol. The highest BCUT2D eigenvalue weighted by molar-refractivity contribution is 5.95. The van der Waals surface area contributed by atoms with Crippen molar-refractivity contribution in [3.05, 3.63) is 64.3 Å². The smallest absolute Gasteiger partial charge is 0.255 e. The summed E-state index contributed by atoms with van der Waals surface area (Å²) in [5.41, 5.74) is 5.97. The van der Waals surface area contributed by atoms with Gasteiger partial charge in [-0.25, -0.2) is 4.39 Å². The lowest BCUT2D eigenvalue weighted by molar-refractivity contribution is -0.131. The van der Waals surface area contributed by atoms with Crippen LogP contribution in [0.15, 0.2) is 47.4 Å². The van der Waals surface area contributed by atoms with Crippen LogP contribution < -0.4 is 16.6 Å². The lowest BCUT2D eigenvalue weighted by Crippen LogP contribution is -2.47. The molecule has 8 heteroatoms. The molecule has 2 heterocycles. The Kier molecular flexibility index (Phi) is 4.72. The number of amides is 2. The molecule has 3 N–H and O–H groups in total. The quantitative estimate of drug-likeness (QED) is 0.809. The molecule has 4 rings (SSSR count). The Morgan fingerprint density at radius 3 is 2.61 bits per heavy atom. The van der Waals surface area contributed by atoms with Crippen LogP contribution in [0.3, 0.4) is 0 Å². The molecule has 2 atom stereocenters. The van der Waals surface area contributed by atoms with E-state index in [9.17, 15) is 18.8 Å². The standard InChI is InChI=1S/C20H21FN4O3/c21-15-9-13(25-8-2-1-3-18(25)26)6-7-14(15)19(27)23-17-11-24(10-16(17)22)20(28)12-4-5-12/h1-3,6-9,12,16-17H,4-5,10-11,22H2,(H,23,27). The second kappa shape index (κ2) is 7.20. The number of likely N-dealkylation sites (tertiary alicyclic amines) is 1. The summed E-state index contributed by atoms with van der Waals surface area (Å²) >= 11 is 0. The first kappa shape index (κ1) is 18.4. The Labute approximate surface area is 160 Å². The number of benzene rings is 1. The third-order valence-corrected chi connectivity index (χ3v) is 5.22. The largest absolute Gasteiger partial charge is 0.346 e. The van der Waals surface area contributed by atoms with Gasteiger partial charge in [0.1, 0.15) is 5.82 Å². The molecule has 2 fully saturated rings. The maximum absolute atomic E-state index is 14.5. The second-order valence-electron chi connectivity index (χ2n) is 7.33. The van der Waals surface area contributed by atoms with Crippen LogP contribution in [0.2, 0.25) is 0 Å². The van der Waals surface area contributed by atoms with E-state index in [1.165, 1.54) is 29.0 Å². The molecule has 0 spiro atoms. The Balaban J connectivity index is 1.47. The summed E-state index contributed by atoms with van der Waals surface area (Å²) < 4.78 is 15.8. The Bertz CT molecular complexity index is 985. The van der Waals surface area contributed by atoms with E-state index in [1.807, 2.05) is 0 Å². The highest BCUT2D eigenvalue weighted by atomic mass is 19.1. The van der Waals surface area contributed by atoms with E-state index in [-0.39, 0.29) is 22.9 Å². The molecule has 1 aromatic heterocycles. The number of carbonyl (C=O) groups is 2. The van der Waals surface area contributed by atoms with Gasteiger partial charge in [0.25, 0.3) is 11.5 Å². The number of carbonyl (C=O) groups excluding carboxylic acids is 2. The van der Waals surface area contributed by atoms with E-state index in [0.29, 0.717) is 18.8 Å². The van der Waals surface area contributed by atoms with E-state index in [4.69, 9.17) is 5.73 Å². The van der Waals surface area contributed by atoms with Crippen LogP contribution >= 0.6 is 0 Å². The van der Waals surface area contributed by atoms with Gasteiger partial charge >= 0.3 is 0 Å². The number of hydrogen-bond acceptors (Lipinski definition) is 4. The minimum atomic E-state index is -0.733. The van der Waals surface area contributed by atoms with Crippen LogP contribution in [0.1, 0.15) is 23.2 Å². The zero-order valence-electron chi connectivity index (χ0n) is 15.2. The first-order valence-electron chi connectivity index (χ1n) is 9.27. The maximum Gasteiger partial charge on any atom is 0.255 e. The summed E-state index contributed by atoms with van der Waals surface area (Å²) in [7, 11) is 0. The van der Waals surface area contributed by atoms with Gasteiger partial charge in [0.05, 0.1) is 17.3 Å². The summed E-state index contributed by atoms with van der Waals surface area (Å²) in [5.74, 6) is -1.15. The third-order valence-electron chi connectivity index (χ3n) is 5.22. The van der Waals surface area contributed by atoms with E-state index < -0.39 is 23.8 Å². The summed E-state index contributed by atoms with van der Waals surface area (Å²) in [4.78, 5) is 38.2. The number of nitrogens with zero attached hydrogens (tertiary/aromatic N) is 2. The molecule has 146 valence electrons. The number of rotatable bonds is 4. The molecule has 2 aromatic rings. The predicted octanol–water partition coefficient (Wildman–Crippen LogP) is 0.655. The summed E-state index contributed by atoms with van der Waals surface area (Å²) in [6.45, 7) is 0.722. The van der Waals surface area contributed by atoms with Crippen molar-refractivity contribution >= 4 is 11.8 Å². The minimum Gasteiger partial charge on any atom is -0.346 e. The molecule has 7 nitrogen and oxygen atoms in total. The number of nitrogens with two attached hydrogens (primary N) is 1. The summed E-state index contributed by atoms with van der Waals surface area (Å²) in [6, 6.07) is 7.81.